The number of nitrogens with zero attached hydrogens (tertiary/aromatic N) is 5. The van der Waals surface area contributed by atoms with Crippen LogP contribution in [0.5, 0.6) is 0 Å². The molecular formula is C36H40BrN5O5Si. The summed E-state index contributed by atoms with van der Waals surface area (Å²) in [6.45, 7) is 6.67. The fraction of sp³-hybridized carbons (Fsp3) is 0.389. The quantitative estimate of drug-likeness (QED) is 0.215. The number of anilines is 3. The van der Waals surface area contributed by atoms with Crippen molar-refractivity contribution in [2.24, 2.45) is 5.92 Å². The average Bonchev–Trinajstić information content (AvgIpc) is 3.70. The SMILES string of the molecule is C[C@@H]1[C@@H]([Si](C)(C)O)[C@H](CCn2cc(CCO)nn2)O[C@@]12C(=O)N(Cc1cccc(N3C(=O)CCc4ccccc43)c1)c1ccc(Br)cc12. The van der Waals surface area contributed by atoms with E-state index in [0.29, 0.717) is 38.0 Å². The van der Waals surface area contributed by atoms with Crippen LogP contribution < -0.4 is 9.80 Å². The molecule has 4 heterocycles. The van der Waals surface area contributed by atoms with Crippen LogP contribution in [0, 0.1) is 5.92 Å². The predicted octanol–water partition coefficient (Wildman–Crippen LogP) is 5.62. The normalized spacial score (nSPS) is 23.7. The molecule has 3 aliphatic heterocycles. The summed E-state index contributed by atoms with van der Waals surface area (Å²) in [4.78, 5) is 43.3. The highest BCUT2D eigenvalue weighted by Crippen LogP contribution is 2.60. The number of benzene rings is 3. The van der Waals surface area contributed by atoms with E-state index in [9.17, 15) is 19.5 Å². The highest BCUT2D eigenvalue weighted by molar-refractivity contribution is 9.10. The van der Waals surface area contributed by atoms with E-state index in [1.807, 2.05) is 86.9 Å². The lowest BCUT2D eigenvalue weighted by molar-refractivity contribution is -0.146. The van der Waals surface area contributed by atoms with Crippen LogP contribution in [-0.4, -0.2) is 57.7 Å². The molecule has 1 aromatic heterocycles. The second-order valence-electron chi connectivity index (χ2n) is 13.7. The van der Waals surface area contributed by atoms with E-state index < -0.39 is 13.9 Å². The number of carbonyl (C=O) groups is 2. The van der Waals surface area contributed by atoms with Crippen LogP contribution in [0.25, 0.3) is 0 Å². The van der Waals surface area contributed by atoms with E-state index in [0.717, 1.165) is 44.6 Å². The van der Waals surface area contributed by atoms with Gasteiger partial charge in [-0.05, 0) is 73.5 Å². The molecule has 0 radical (unpaired) electrons. The molecule has 3 aromatic carbocycles. The number of aryl methyl sites for hydroxylation is 2. The lowest BCUT2D eigenvalue weighted by Gasteiger charge is -2.32. The Labute approximate surface area is 289 Å². The van der Waals surface area contributed by atoms with Gasteiger partial charge in [-0.15, -0.1) is 5.10 Å². The van der Waals surface area contributed by atoms with Gasteiger partial charge < -0.3 is 19.5 Å². The summed E-state index contributed by atoms with van der Waals surface area (Å²) >= 11 is 3.64. The largest absolute Gasteiger partial charge is 0.432 e. The minimum Gasteiger partial charge on any atom is -0.432 e. The van der Waals surface area contributed by atoms with Gasteiger partial charge in [0.1, 0.15) is 0 Å². The first kappa shape index (κ1) is 32.8. The zero-order valence-corrected chi connectivity index (χ0v) is 29.9. The van der Waals surface area contributed by atoms with E-state index in [1.165, 1.54) is 0 Å². The van der Waals surface area contributed by atoms with Crippen LogP contribution in [-0.2, 0) is 45.9 Å². The number of hydrogen-bond acceptors (Lipinski definition) is 7. The molecular weight excluding hydrogens is 690 g/mol. The van der Waals surface area contributed by atoms with Gasteiger partial charge in [0.2, 0.25) is 5.91 Å². The van der Waals surface area contributed by atoms with Crippen molar-refractivity contribution in [3.8, 4) is 0 Å². The Bertz CT molecular complexity index is 1880. The monoisotopic (exact) mass is 729 g/mol. The van der Waals surface area contributed by atoms with E-state index >= 15 is 0 Å². The first-order chi connectivity index (χ1) is 23.0. The predicted molar refractivity (Wildman–Crippen MR) is 188 cm³/mol. The van der Waals surface area contributed by atoms with Crippen LogP contribution in [0.1, 0.15) is 42.1 Å². The molecule has 2 amide bonds. The molecule has 4 atom stereocenters. The number of aromatic nitrogens is 3. The van der Waals surface area contributed by atoms with Crippen molar-refractivity contribution in [2.75, 3.05) is 16.4 Å². The lowest BCUT2D eigenvalue weighted by Crippen LogP contribution is -2.46. The fourth-order valence-electron chi connectivity index (χ4n) is 8.10. The molecule has 1 fully saturated rings. The van der Waals surface area contributed by atoms with Gasteiger partial charge in [0.15, 0.2) is 13.9 Å². The van der Waals surface area contributed by atoms with Gasteiger partial charge in [0.25, 0.3) is 5.91 Å². The van der Waals surface area contributed by atoms with Gasteiger partial charge in [-0.2, -0.15) is 0 Å². The average molecular weight is 731 g/mol. The number of aliphatic hydroxyl groups excluding tert-OH is 1. The number of rotatable bonds is 9. The molecule has 0 bridgehead atoms. The molecule has 2 N–H and O–H groups in total. The molecule has 3 aliphatic rings. The van der Waals surface area contributed by atoms with Crippen LogP contribution in [0.4, 0.5) is 17.1 Å². The second-order valence-corrected chi connectivity index (χ2v) is 18.6. The maximum absolute atomic E-state index is 14.9. The Morgan fingerprint density at radius 1 is 1.04 bits per heavy atom. The van der Waals surface area contributed by atoms with Crippen LogP contribution in [0.3, 0.4) is 0 Å². The number of amides is 2. The zero-order chi connectivity index (χ0) is 33.8. The summed E-state index contributed by atoms with van der Waals surface area (Å²) in [5, 5.41) is 17.6. The van der Waals surface area contributed by atoms with Gasteiger partial charge >= 0.3 is 0 Å². The fourth-order valence-corrected chi connectivity index (χ4v) is 11.1. The topological polar surface area (TPSA) is 121 Å². The minimum absolute atomic E-state index is 0.000941. The molecule has 4 aromatic rings. The number of fused-ring (bicyclic) bond motifs is 3. The molecule has 250 valence electrons. The molecule has 48 heavy (non-hydrogen) atoms. The number of carbonyl (C=O) groups excluding carboxylic acids is 2. The zero-order valence-electron chi connectivity index (χ0n) is 27.3. The van der Waals surface area contributed by atoms with Crippen LogP contribution >= 0.6 is 15.9 Å². The third-order valence-corrected chi connectivity index (χ3v) is 13.1. The number of hydrogen-bond donors (Lipinski definition) is 2. The van der Waals surface area contributed by atoms with Crippen LogP contribution in [0.2, 0.25) is 18.6 Å². The molecule has 10 nitrogen and oxygen atoms in total. The van der Waals surface area contributed by atoms with Gasteiger partial charge in [0.05, 0.1) is 29.7 Å². The lowest BCUT2D eigenvalue weighted by atomic mass is 9.82. The summed E-state index contributed by atoms with van der Waals surface area (Å²) < 4.78 is 9.56. The van der Waals surface area contributed by atoms with E-state index in [4.69, 9.17) is 4.74 Å². The van der Waals surface area contributed by atoms with E-state index in [-0.39, 0.29) is 36.0 Å². The molecule has 0 aliphatic carbocycles. The third kappa shape index (κ3) is 5.63. The summed E-state index contributed by atoms with van der Waals surface area (Å²) in [7, 11) is -2.84. The van der Waals surface area contributed by atoms with Crippen molar-refractivity contribution in [3.05, 3.63) is 99.8 Å². The van der Waals surface area contributed by atoms with Crippen molar-refractivity contribution in [3.63, 3.8) is 0 Å². The van der Waals surface area contributed by atoms with Crippen molar-refractivity contribution < 1.29 is 24.2 Å². The Hall–Kier alpha value is -3.68. The van der Waals surface area contributed by atoms with Crippen molar-refractivity contribution in [1.82, 2.24) is 15.0 Å². The molecule has 0 saturated carbocycles. The summed E-state index contributed by atoms with van der Waals surface area (Å²) in [5.74, 6) is -0.396. The smallest absolute Gasteiger partial charge is 0.264 e. The molecule has 1 spiro atoms. The van der Waals surface area contributed by atoms with Gasteiger partial charge in [-0.25, -0.2) is 0 Å². The van der Waals surface area contributed by atoms with Crippen LogP contribution in [0.15, 0.2) is 77.4 Å². The minimum atomic E-state index is -2.84. The number of para-hydroxylation sites is 1. The maximum Gasteiger partial charge on any atom is 0.264 e. The van der Waals surface area contributed by atoms with Gasteiger partial charge in [0, 0.05) is 59.4 Å². The first-order valence-electron chi connectivity index (χ1n) is 16.5. The highest BCUT2D eigenvalue weighted by Gasteiger charge is 2.66. The van der Waals surface area contributed by atoms with Crippen molar-refractivity contribution in [1.29, 1.82) is 0 Å². The van der Waals surface area contributed by atoms with E-state index in [1.54, 1.807) is 14.5 Å². The summed E-state index contributed by atoms with van der Waals surface area (Å²) in [6, 6.07) is 21.7. The highest BCUT2D eigenvalue weighted by atomic mass is 79.9. The van der Waals surface area contributed by atoms with Gasteiger partial charge in [-0.1, -0.05) is 58.4 Å². The van der Waals surface area contributed by atoms with E-state index in [2.05, 4.69) is 32.3 Å². The summed E-state index contributed by atoms with van der Waals surface area (Å²) in [6.07, 6.45) is 3.57. The Balaban J connectivity index is 1.21. The number of ether oxygens (including phenoxy) is 1. The second kappa shape index (κ2) is 12.6. The maximum atomic E-state index is 14.9. The summed E-state index contributed by atoms with van der Waals surface area (Å²) in [5.41, 5.74) is 4.49. The van der Waals surface area contributed by atoms with Crippen molar-refractivity contribution in [2.45, 2.75) is 76.0 Å². The molecule has 0 unspecified atom stereocenters. The van der Waals surface area contributed by atoms with Gasteiger partial charge in [-0.3, -0.25) is 19.2 Å². The number of halogens is 1. The Kier molecular flexibility index (Phi) is 8.65. The Morgan fingerprint density at radius 2 is 1.85 bits per heavy atom. The number of aliphatic hydroxyl groups is 1. The first-order valence-corrected chi connectivity index (χ1v) is 20.3. The Morgan fingerprint density at radius 3 is 2.65 bits per heavy atom. The standard InChI is InChI=1S/C36H40BrN5O5Si/c1-23-34(48(2,3)46)32(15-17-40-22-27(16-18-43)38-39-40)47-36(23)29-20-26(37)12-13-31(29)41(35(36)45)21-24-7-6-9-28(19-24)42-30-10-5-4-8-25(30)11-14-33(42)44/h4-10,12-13,19-20,22-23,32,34,43,46H,11,14-18,21H2,1-3H3/t23-,32+,34-,36+/m1/s1. The van der Waals surface area contributed by atoms with Crippen molar-refractivity contribution >= 4 is 53.1 Å². The molecule has 7 rings (SSSR count). The third-order valence-electron chi connectivity index (χ3n) is 10.1. The molecule has 12 heteroatoms. The molecule has 1 saturated heterocycles.